The first kappa shape index (κ1) is 13.1. The topological polar surface area (TPSA) is 26.0 Å². The molecule has 0 spiro atoms. The smallest absolute Gasteiger partial charge is 0.0888 e. The van der Waals surface area contributed by atoms with Gasteiger partial charge in [-0.05, 0) is 52.5 Å². The van der Waals surface area contributed by atoms with Crippen molar-refractivity contribution in [2.24, 2.45) is 5.73 Å². The summed E-state index contributed by atoms with van der Waals surface area (Å²) >= 11 is 11.0. The maximum atomic E-state index is 6.25. The van der Waals surface area contributed by atoms with E-state index in [9.17, 15) is 0 Å². The highest BCUT2D eigenvalue weighted by atomic mass is 79.9. The number of nitrogens with two attached hydrogens (primary N) is 1. The Bertz CT molecular complexity index is 531. The lowest BCUT2D eigenvalue weighted by Gasteiger charge is -2.11. The first-order valence-corrected chi connectivity index (χ1v) is 7.25. The average molecular weight is 331 g/mol. The molecular formula is C13H13BrClNS. The fraction of sp³-hybridized carbons (Fsp3) is 0.231. The first-order chi connectivity index (χ1) is 7.99. The molecule has 0 aliphatic carbocycles. The van der Waals surface area contributed by atoms with E-state index in [4.69, 9.17) is 17.3 Å². The summed E-state index contributed by atoms with van der Waals surface area (Å²) in [6.45, 7) is 4.20. The molecule has 0 saturated heterocycles. The summed E-state index contributed by atoms with van der Waals surface area (Å²) in [7, 11) is 0. The molecule has 0 bridgehead atoms. The summed E-state index contributed by atoms with van der Waals surface area (Å²) in [5.74, 6) is 0. The van der Waals surface area contributed by atoms with Crippen LogP contribution in [0.5, 0.6) is 0 Å². The van der Waals surface area contributed by atoms with Crippen molar-refractivity contribution < 1.29 is 0 Å². The molecule has 2 N–H and O–H groups in total. The third-order valence-corrected chi connectivity index (χ3v) is 5.42. The molecule has 0 aliphatic rings. The van der Waals surface area contributed by atoms with E-state index in [1.165, 1.54) is 11.1 Å². The van der Waals surface area contributed by atoms with Gasteiger partial charge in [0.25, 0.3) is 0 Å². The Labute approximate surface area is 119 Å². The number of hydrogen-bond acceptors (Lipinski definition) is 2. The monoisotopic (exact) mass is 329 g/mol. The van der Waals surface area contributed by atoms with E-state index < -0.39 is 0 Å². The lowest BCUT2D eigenvalue weighted by Crippen LogP contribution is -2.10. The fourth-order valence-electron chi connectivity index (χ4n) is 1.64. The average Bonchev–Trinajstić information content (AvgIpc) is 2.62. The Morgan fingerprint density at radius 3 is 2.47 bits per heavy atom. The molecule has 1 unspecified atom stereocenters. The van der Waals surface area contributed by atoms with Gasteiger partial charge in [0, 0.05) is 4.88 Å². The molecule has 4 heteroatoms. The Kier molecular flexibility index (Phi) is 3.93. The molecule has 0 saturated carbocycles. The summed E-state index contributed by atoms with van der Waals surface area (Å²) < 4.78 is 0.938. The van der Waals surface area contributed by atoms with Crippen LogP contribution in [-0.2, 0) is 0 Å². The van der Waals surface area contributed by atoms with Crippen LogP contribution in [0.3, 0.4) is 0 Å². The van der Waals surface area contributed by atoms with Gasteiger partial charge in [-0.25, -0.2) is 0 Å². The van der Waals surface area contributed by atoms with Gasteiger partial charge in [-0.1, -0.05) is 29.8 Å². The summed E-state index contributed by atoms with van der Waals surface area (Å²) in [6.07, 6.45) is 0. The largest absolute Gasteiger partial charge is 0.320 e. The molecule has 0 fully saturated rings. The van der Waals surface area contributed by atoms with Crippen LogP contribution in [0.4, 0.5) is 0 Å². The van der Waals surface area contributed by atoms with Crippen molar-refractivity contribution >= 4 is 38.9 Å². The van der Waals surface area contributed by atoms with Crippen LogP contribution < -0.4 is 5.73 Å². The maximum Gasteiger partial charge on any atom is 0.0888 e. The number of aryl methyl sites for hydroxylation is 2. The molecule has 2 aromatic rings. The van der Waals surface area contributed by atoms with Crippen LogP contribution in [-0.4, -0.2) is 0 Å². The lowest BCUT2D eigenvalue weighted by molar-refractivity contribution is 0.890. The summed E-state index contributed by atoms with van der Waals surface area (Å²) in [6, 6.07) is 8.14. The predicted molar refractivity (Wildman–Crippen MR) is 79.0 cm³/mol. The molecule has 1 aromatic heterocycles. The molecular weight excluding hydrogens is 318 g/mol. The van der Waals surface area contributed by atoms with Crippen molar-refractivity contribution in [3.05, 3.63) is 54.6 Å². The quantitative estimate of drug-likeness (QED) is 0.838. The Morgan fingerprint density at radius 2 is 1.94 bits per heavy atom. The Morgan fingerprint density at radius 1 is 1.24 bits per heavy atom. The third-order valence-electron chi connectivity index (χ3n) is 2.86. The zero-order chi connectivity index (χ0) is 12.6. The SMILES string of the molecule is Cc1ccc(C(N)c2cc(Cl)c(Br)s2)cc1C. The van der Waals surface area contributed by atoms with Crippen molar-refractivity contribution in [3.63, 3.8) is 0 Å². The summed E-state index contributed by atoms with van der Waals surface area (Å²) in [5.41, 5.74) is 9.92. The number of rotatable bonds is 2. The van der Waals surface area contributed by atoms with Crippen molar-refractivity contribution in [2.45, 2.75) is 19.9 Å². The highest BCUT2D eigenvalue weighted by Gasteiger charge is 2.14. The normalized spacial score (nSPS) is 12.8. The van der Waals surface area contributed by atoms with Gasteiger partial charge in [0.05, 0.1) is 14.9 Å². The first-order valence-electron chi connectivity index (χ1n) is 5.26. The van der Waals surface area contributed by atoms with Gasteiger partial charge in [-0.15, -0.1) is 11.3 Å². The van der Waals surface area contributed by atoms with Gasteiger partial charge in [-0.2, -0.15) is 0 Å². The number of hydrogen-bond donors (Lipinski definition) is 1. The minimum atomic E-state index is -0.108. The van der Waals surface area contributed by atoms with Crippen LogP contribution in [0.15, 0.2) is 28.1 Å². The van der Waals surface area contributed by atoms with Gasteiger partial charge in [0.15, 0.2) is 0 Å². The molecule has 2 rings (SSSR count). The molecule has 0 aliphatic heterocycles. The van der Waals surface area contributed by atoms with E-state index in [0.717, 1.165) is 19.2 Å². The second-order valence-corrected chi connectivity index (χ2v) is 6.90. The van der Waals surface area contributed by atoms with Crippen LogP contribution in [0.25, 0.3) is 0 Å². The zero-order valence-corrected chi connectivity index (χ0v) is 12.8. The van der Waals surface area contributed by atoms with Gasteiger partial charge in [0.1, 0.15) is 0 Å². The summed E-state index contributed by atoms with van der Waals surface area (Å²) in [4.78, 5) is 1.07. The lowest BCUT2D eigenvalue weighted by atomic mass is 10.0. The molecule has 17 heavy (non-hydrogen) atoms. The van der Waals surface area contributed by atoms with E-state index in [-0.39, 0.29) is 6.04 Å². The van der Waals surface area contributed by atoms with E-state index >= 15 is 0 Å². The molecule has 1 aromatic carbocycles. The highest BCUT2D eigenvalue weighted by Crippen LogP contribution is 2.36. The van der Waals surface area contributed by atoms with Crippen molar-refractivity contribution in [1.29, 1.82) is 0 Å². The van der Waals surface area contributed by atoms with Gasteiger partial charge in [0.2, 0.25) is 0 Å². The fourth-order valence-corrected chi connectivity index (χ4v) is 3.42. The van der Waals surface area contributed by atoms with Crippen LogP contribution in [0.2, 0.25) is 5.02 Å². The van der Waals surface area contributed by atoms with Gasteiger partial charge >= 0.3 is 0 Å². The maximum absolute atomic E-state index is 6.25. The van der Waals surface area contributed by atoms with E-state index in [0.29, 0.717) is 0 Å². The van der Waals surface area contributed by atoms with Gasteiger partial charge in [-0.3, -0.25) is 0 Å². The van der Waals surface area contributed by atoms with Crippen LogP contribution in [0.1, 0.15) is 27.6 Å². The minimum absolute atomic E-state index is 0.108. The number of thiophene rings is 1. The number of halogens is 2. The van der Waals surface area contributed by atoms with Crippen molar-refractivity contribution in [2.75, 3.05) is 0 Å². The molecule has 90 valence electrons. The second kappa shape index (κ2) is 5.11. The van der Waals surface area contributed by atoms with Crippen molar-refractivity contribution in [1.82, 2.24) is 0 Å². The molecule has 1 heterocycles. The molecule has 0 radical (unpaired) electrons. The molecule has 0 amide bonds. The number of benzene rings is 1. The standard InChI is InChI=1S/C13H13BrClNS/c1-7-3-4-9(5-8(7)2)12(16)11-6-10(15)13(14)17-11/h3-6,12H,16H2,1-2H3. The Hall–Kier alpha value is -0.350. The molecule has 1 atom stereocenters. The van der Waals surface area contributed by atoms with E-state index in [2.05, 4.69) is 48.0 Å². The third kappa shape index (κ3) is 2.74. The van der Waals surface area contributed by atoms with Crippen molar-refractivity contribution in [3.8, 4) is 0 Å². The van der Waals surface area contributed by atoms with Gasteiger partial charge < -0.3 is 5.73 Å². The second-order valence-electron chi connectivity index (χ2n) is 4.09. The van der Waals surface area contributed by atoms with E-state index in [1.807, 2.05) is 6.07 Å². The van der Waals surface area contributed by atoms with E-state index in [1.54, 1.807) is 11.3 Å². The highest BCUT2D eigenvalue weighted by molar-refractivity contribution is 9.11. The molecule has 1 nitrogen and oxygen atoms in total. The van der Waals surface area contributed by atoms with Crippen LogP contribution in [0, 0.1) is 13.8 Å². The minimum Gasteiger partial charge on any atom is -0.320 e. The zero-order valence-electron chi connectivity index (χ0n) is 9.63. The predicted octanol–water partition coefficient (Wildman–Crippen LogP) is 4.83. The summed E-state index contributed by atoms with van der Waals surface area (Å²) in [5, 5.41) is 0.726. The van der Waals surface area contributed by atoms with Crippen LogP contribution >= 0.6 is 38.9 Å². The Balaban J connectivity index is 2.36.